The number of ether oxygens (including phenoxy) is 1. The Morgan fingerprint density at radius 2 is 1.96 bits per heavy atom. The van der Waals surface area contributed by atoms with Crippen molar-refractivity contribution in [1.82, 2.24) is 4.90 Å². The number of carboxylic acids is 1. The van der Waals surface area contributed by atoms with Crippen LogP contribution < -0.4 is 4.90 Å². The minimum Gasteiger partial charge on any atom is -0.481 e. The maximum Gasteiger partial charge on any atom is 0.311 e. The molecule has 0 spiro atoms. The molecule has 3 rings (SSSR count). The maximum atomic E-state index is 13.0. The number of rotatable bonds is 4. The van der Waals surface area contributed by atoms with Gasteiger partial charge in [0.05, 0.1) is 29.1 Å². The summed E-state index contributed by atoms with van der Waals surface area (Å²) in [6.07, 6.45) is 0.357. The molecule has 9 nitrogen and oxygen atoms in total. The lowest BCUT2D eigenvalue weighted by Gasteiger charge is -2.30. The molecule has 26 heavy (non-hydrogen) atoms. The highest BCUT2D eigenvalue weighted by Crippen LogP contribution is 2.36. The standard InChI is InChI=1S/C17H21N3O6/c1-17(16(22)23)5-6-19(11-17)15(21)12-3-2-4-13(20(24)25)14(12)18-7-9-26-10-8-18/h2-4H,5-11H2,1H3,(H,22,23). The van der Waals surface area contributed by atoms with E-state index in [1.54, 1.807) is 17.9 Å². The van der Waals surface area contributed by atoms with Crippen molar-refractivity contribution < 1.29 is 24.4 Å². The van der Waals surface area contributed by atoms with Crippen molar-refractivity contribution in [2.75, 3.05) is 44.3 Å². The molecule has 2 aliphatic heterocycles. The number of hydrogen-bond donors (Lipinski definition) is 1. The van der Waals surface area contributed by atoms with Crippen molar-refractivity contribution in [2.24, 2.45) is 5.41 Å². The summed E-state index contributed by atoms with van der Waals surface area (Å²) in [5.41, 5.74) is -0.599. The first kappa shape index (κ1) is 18.1. The third-order valence-corrected chi connectivity index (χ3v) is 5.05. The number of benzene rings is 1. The van der Waals surface area contributed by atoms with E-state index in [9.17, 15) is 24.8 Å². The van der Waals surface area contributed by atoms with Crippen molar-refractivity contribution in [2.45, 2.75) is 13.3 Å². The third kappa shape index (κ3) is 3.22. The molecule has 1 aromatic carbocycles. The Kier molecular flexibility index (Phi) is 4.82. The Morgan fingerprint density at radius 1 is 1.27 bits per heavy atom. The van der Waals surface area contributed by atoms with E-state index in [-0.39, 0.29) is 29.4 Å². The minimum absolute atomic E-state index is 0.0897. The molecule has 0 saturated carbocycles. The van der Waals surface area contributed by atoms with Gasteiger partial charge in [-0.15, -0.1) is 0 Å². The smallest absolute Gasteiger partial charge is 0.311 e. The summed E-state index contributed by atoms with van der Waals surface area (Å²) >= 11 is 0. The molecule has 9 heteroatoms. The molecule has 1 aromatic rings. The number of hydrogen-bond acceptors (Lipinski definition) is 6. The van der Waals surface area contributed by atoms with E-state index in [2.05, 4.69) is 0 Å². The van der Waals surface area contributed by atoms with Gasteiger partial charge in [0.1, 0.15) is 5.69 Å². The first-order chi connectivity index (χ1) is 12.3. The van der Waals surface area contributed by atoms with Crippen molar-refractivity contribution in [3.63, 3.8) is 0 Å². The second-order valence-electron chi connectivity index (χ2n) is 6.87. The molecule has 2 saturated heterocycles. The van der Waals surface area contributed by atoms with E-state index < -0.39 is 16.3 Å². The Morgan fingerprint density at radius 3 is 2.54 bits per heavy atom. The number of carbonyl (C=O) groups excluding carboxylic acids is 1. The topological polar surface area (TPSA) is 113 Å². The Hall–Kier alpha value is -2.68. The van der Waals surface area contributed by atoms with Crippen LogP contribution in [-0.2, 0) is 9.53 Å². The van der Waals surface area contributed by atoms with Crippen molar-refractivity contribution >= 4 is 23.3 Å². The Bertz CT molecular complexity index is 746. The monoisotopic (exact) mass is 363 g/mol. The molecular weight excluding hydrogens is 342 g/mol. The number of morpholine rings is 1. The molecule has 140 valence electrons. The average molecular weight is 363 g/mol. The van der Waals surface area contributed by atoms with Gasteiger partial charge >= 0.3 is 5.97 Å². The van der Waals surface area contributed by atoms with Gasteiger partial charge in [-0.25, -0.2) is 0 Å². The number of aliphatic carboxylic acids is 1. The van der Waals surface area contributed by atoms with Crippen LogP contribution in [0.25, 0.3) is 0 Å². The van der Waals surface area contributed by atoms with Gasteiger partial charge in [-0.3, -0.25) is 19.7 Å². The van der Waals surface area contributed by atoms with Gasteiger partial charge in [0, 0.05) is 32.2 Å². The number of likely N-dealkylation sites (tertiary alicyclic amines) is 1. The average Bonchev–Trinajstić information content (AvgIpc) is 3.05. The second kappa shape index (κ2) is 6.91. The van der Waals surface area contributed by atoms with Crippen LogP contribution in [0.1, 0.15) is 23.7 Å². The van der Waals surface area contributed by atoms with Gasteiger partial charge in [0.2, 0.25) is 0 Å². The normalized spacial score (nSPS) is 23.1. The molecule has 0 aliphatic carbocycles. The zero-order valence-electron chi connectivity index (χ0n) is 14.5. The summed E-state index contributed by atoms with van der Waals surface area (Å²) in [7, 11) is 0. The van der Waals surface area contributed by atoms with Crippen molar-refractivity contribution in [1.29, 1.82) is 0 Å². The first-order valence-electron chi connectivity index (χ1n) is 8.46. The highest BCUT2D eigenvalue weighted by molar-refractivity contribution is 6.02. The number of nitrogens with zero attached hydrogens (tertiary/aromatic N) is 3. The zero-order valence-corrected chi connectivity index (χ0v) is 14.5. The number of nitro benzene ring substituents is 1. The molecule has 1 unspecified atom stereocenters. The van der Waals surface area contributed by atoms with Crippen LogP contribution in [0.3, 0.4) is 0 Å². The lowest BCUT2D eigenvalue weighted by Crippen LogP contribution is -2.39. The minimum atomic E-state index is -0.991. The molecule has 1 amide bonds. The fourth-order valence-electron chi connectivity index (χ4n) is 3.45. The second-order valence-corrected chi connectivity index (χ2v) is 6.87. The van der Waals surface area contributed by atoms with Crippen molar-refractivity contribution in [3.05, 3.63) is 33.9 Å². The van der Waals surface area contributed by atoms with Gasteiger partial charge in [-0.05, 0) is 19.4 Å². The molecule has 2 heterocycles. The molecular formula is C17H21N3O6. The maximum absolute atomic E-state index is 13.0. The summed E-state index contributed by atoms with van der Waals surface area (Å²) in [6, 6.07) is 4.44. The van der Waals surface area contributed by atoms with Crippen LogP contribution >= 0.6 is 0 Å². The van der Waals surface area contributed by atoms with Crippen molar-refractivity contribution in [3.8, 4) is 0 Å². The summed E-state index contributed by atoms with van der Waals surface area (Å²) in [5.74, 6) is -1.32. The van der Waals surface area contributed by atoms with Gasteiger partial charge in [0.15, 0.2) is 0 Å². The van der Waals surface area contributed by atoms with E-state index in [0.29, 0.717) is 39.3 Å². The molecule has 0 radical (unpaired) electrons. The van der Waals surface area contributed by atoms with Crippen LogP contribution in [0.5, 0.6) is 0 Å². The summed E-state index contributed by atoms with van der Waals surface area (Å²) in [4.78, 5) is 38.8. The van der Waals surface area contributed by atoms with Crippen LogP contribution in [0.2, 0.25) is 0 Å². The van der Waals surface area contributed by atoms with Gasteiger partial charge in [0.25, 0.3) is 11.6 Å². The first-order valence-corrected chi connectivity index (χ1v) is 8.46. The zero-order chi connectivity index (χ0) is 18.9. The Balaban J connectivity index is 1.96. The molecule has 2 fully saturated rings. The highest BCUT2D eigenvalue weighted by atomic mass is 16.6. The van der Waals surface area contributed by atoms with E-state index in [0.717, 1.165) is 0 Å². The largest absolute Gasteiger partial charge is 0.481 e. The summed E-state index contributed by atoms with van der Waals surface area (Å²) < 4.78 is 5.30. The van der Waals surface area contributed by atoms with E-state index in [1.807, 2.05) is 0 Å². The molecule has 2 aliphatic rings. The van der Waals surface area contributed by atoms with E-state index in [4.69, 9.17) is 4.74 Å². The Labute approximate surface area is 150 Å². The van der Waals surface area contributed by atoms with E-state index >= 15 is 0 Å². The van der Waals surface area contributed by atoms with Gasteiger partial charge in [-0.2, -0.15) is 0 Å². The molecule has 0 bridgehead atoms. The van der Waals surface area contributed by atoms with Gasteiger partial charge < -0.3 is 19.6 Å². The summed E-state index contributed by atoms with van der Waals surface area (Å²) in [5, 5.41) is 20.9. The third-order valence-electron chi connectivity index (χ3n) is 5.05. The number of nitro groups is 1. The lowest BCUT2D eigenvalue weighted by molar-refractivity contribution is -0.384. The summed E-state index contributed by atoms with van der Waals surface area (Å²) in [6.45, 7) is 3.79. The van der Waals surface area contributed by atoms with Crippen LogP contribution in [0, 0.1) is 15.5 Å². The SMILES string of the molecule is CC1(C(=O)O)CCN(C(=O)c2cccc([N+](=O)[O-])c2N2CCOCC2)C1. The highest BCUT2D eigenvalue weighted by Gasteiger charge is 2.43. The molecule has 1 N–H and O–H groups in total. The lowest BCUT2D eigenvalue weighted by atomic mass is 9.90. The predicted octanol–water partition coefficient (Wildman–Crippen LogP) is 1.37. The van der Waals surface area contributed by atoms with Crippen LogP contribution in [0.4, 0.5) is 11.4 Å². The molecule has 1 atom stereocenters. The number of carboxylic acid groups (broad SMARTS) is 1. The number of amides is 1. The predicted molar refractivity (Wildman–Crippen MR) is 92.4 cm³/mol. The number of para-hydroxylation sites is 1. The molecule has 0 aromatic heterocycles. The number of carbonyl (C=O) groups is 2. The van der Waals surface area contributed by atoms with Crippen LogP contribution in [-0.4, -0.2) is 66.2 Å². The number of anilines is 1. The fraction of sp³-hybridized carbons (Fsp3) is 0.529. The van der Waals surface area contributed by atoms with Crippen LogP contribution in [0.15, 0.2) is 18.2 Å². The quantitative estimate of drug-likeness (QED) is 0.635. The van der Waals surface area contributed by atoms with Gasteiger partial charge in [-0.1, -0.05) is 6.07 Å². The van der Waals surface area contributed by atoms with E-state index in [1.165, 1.54) is 17.0 Å². The fourth-order valence-corrected chi connectivity index (χ4v) is 3.45.